The lowest BCUT2D eigenvalue weighted by Gasteiger charge is -2.58. The third kappa shape index (κ3) is 2.66. The fourth-order valence-corrected chi connectivity index (χ4v) is 7.59. The molecule has 0 aliphatic heterocycles. The van der Waals surface area contributed by atoms with E-state index in [1.165, 1.54) is 6.92 Å². The quantitative estimate of drug-likeness (QED) is 0.754. The molecule has 4 rings (SSSR count). The topological polar surface area (TPSA) is 91.7 Å². The van der Waals surface area contributed by atoms with Gasteiger partial charge in [0, 0.05) is 11.3 Å². The molecule has 0 bridgehead atoms. The van der Waals surface area contributed by atoms with E-state index in [-0.39, 0.29) is 35.2 Å². The zero-order chi connectivity index (χ0) is 21.4. The third-order valence-electron chi connectivity index (χ3n) is 9.15. The molecule has 1 unspecified atom stereocenters. The Hall–Kier alpha value is -1.75. The van der Waals surface area contributed by atoms with E-state index in [0.29, 0.717) is 18.8 Å². The van der Waals surface area contributed by atoms with Gasteiger partial charge in [0.2, 0.25) is 0 Å². The number of rotatable bonds is 3. The Bertz CT molecular complexity index is 853. The maximum Gasteiger partial charge on any atom is 0.304 e. The second-order valence-electron chi connectivity index (χ2n) is 10.4. The number of carbonyl (C=O) groups is 3. The summed E-state index contributed by atoms with van der Waals surface area (Å²) in [5.74, 6) is -0.843. The Morgan fingerprint density at radius 3 is 2.45 bits per heavy atom. The van der Waals surface area contributed by atoms with E-state index in [1.807, 2.05) is 6.92 Å². The Kier molecular flexibility index (Phi) is 4.51. The van der Waals surface area contributed by atoms with Gasteiger partial charge in [-0.3, -0.25) is 14.4 Å². The largest absolute Gasteiger partial charge is 0.481 e. The van der Waals surface area contributed by atoms with Crippen molar-refractivity contribution in [1.82, 2.24) is 0 Å². The Balaban J connectivity index is 1.76. The standard InChI is InChI=1S/C24H32O5/c1-13-9-16-17(5-7-23(4)18(16)6-8-24(23,29)14(2)25)22(3)12-15(10-21(27)28)20(26)11-19(13)22/h9,11,15-18,29H,5-8,10,12H2,1-4H3,(H,27,28)/t15?,16-,17+,18+,22-,23+,24+/m1/s1. The minimum absolute atomic E-state index is 0.0708. The van der Waals surface area contributed by atoms with Gasteiger partial charge in [0.1, 0.15) is 5.60 Å². The van der Waals surface area contributed by atoms with Crippen LogP contribution in [0.3, 0.4) is 0 Å². The molecule has 0 aromatic carbocycles. The van der Waals surface area contributed by atoms with E-state index in [1.54, 1.807) is 6.08 Å². The van der Waals surface area contributed by atoms with Crippen LogP contribution in [0.5, 0.6) is 0 Å². The molecule has 5 nitrogen and oxygen atoms in total. The Morgan fingerprint density at radius 1 is 1.17 bits per heavy atom. The lowest BCUT2D eigenvalue weighted by molar-refractivity contribution is -0.157. The maximum absolute atomic E-state index is 12.6. The number of carbonyl (C=O) groups excluding carboxylic acids is 2. The highest BCUT2D eigenvalue weighted by atomic mass is 16.4. The number of hydrogen-bond acceptors (Lipinski definition) is 4. The number of fused-ring (bicyclic) bond motifs is 5. The van der Waals surface area contributed by atoms with Gasteiger partial charge in [-0.15, -0.1) is 0 Å². The first kappa shape index (κ1) is 20.5. The van der Waals surface area contributed by atoms with E-state index in [9.17, 15) is 24.6 Å². The first-order valence-corrected chi connectivity index (χ1v) is 10.8. The summed E-state index contributed by atoms with van der Waals surface area (Å²) in [5.41, 5.74) is 0.234. The molecule has 0 saturated heterocycles. The van der Waals surface area contributed by atoms with Crippen molar-refractivity contribution in [3.8, 4) is 0 Å². The number of Topliss-reactive ketones (excluding diaryl/α,β-unsaturated/α-hetero) is 1. The van der Waals surface area contributed by atoms with E-state index < -0.39 is 22.9 Å². The number of ketones is 2. The molecule has 0 amide bonds. The molecule has 4 aliphatic rings. The Morgan fingerprint density at radius 2 is 1.83 bits per heavy atom. The highest BCUT2D eigenvalue weighted by Crippen LogP contribution is 2.67. The summed E-state index contributed by atoms with van der Waals surface area (Å²) in [6.45, 7) is 7.83. The average Bonchev–Trinajstić information content (AvgIpc) is 2.90. The van der Waals surface area contributed by atoms with Crippen molar-refractivity contribution in [3.05, 3.63) is 23.3 Å². The van der Waals surface area contributed by atoms with Gasteiger partial charge in [0.05, 0.1) is 6.42 Å². The van der Waals surface area contributed by atoms with E-state index in [4.69, 9.17) is 0 Å². The van der Waals surface area contributed by atoms with Gasteiger partial charge >= 0.3 is 5.97 Å². The smallest absolute Gasteiger partial charge is 0.304 e. The highest BCUT2D eigenvalue weighted by molar-refractivity contribution is 5.96. The normalized spacial score (nSPS) is 46.2. The molecule has 0 heterocycles. The fraction of sp³-hybridized carbons (Fsp3) is 0.708. The lowest BCUT2D eigenvalue weighted by atomic mass is 9.46. The summed E-state index contributed by atoms with van der Waals surface area (Å²) in [7, 11) is 0. The predicted molar refractivity (Wildman–Crippen MR) is 108 cm³/mol. The summed E-state index contributed by atoms with van der Waals surface area (Å²) < 4.78 is 0. The first-order chi connectivity index (χ1) is 13.4. The lowest BCUT2D eigenvalue weighted by Crippen LogP contribution is -2.57. The van der Waals surface area contributed by atoms with Gasteiger partial charge in [0.25, 0.3) is 0 Å². The van der Waals surface area contributed by atoms with Crippen LogP contribution in [0, 0.1) is 34.5 Å². The SMILES string of the molecule is CC(=O)[C@@]1(O)CC[C@H]2[C@@H]3C=C(C)C4=CC(=O)C(CC(=O)O)C[C@]4(C)[C@H]3CC[C@@]21C. The number of hydrogen-bond donors (Lipinski definition) is 2. The minimum Gasteiger partial charge on any atom is -0.481 e. The molecule has 0 aromatic heterocycles. The van der Waals surface area contributed by atoms with Crippen LogP contribution < -0.4 is 0 Å². The summed E-state index contributed by atoms with van der Waals surface area (Å²) in [5, 5.41) is 20.5. The van der Waals surface area contributed by atoms with Crippen LogP contribution in [-0.4, -0.2) is 33.3 Å². The van der Waals surface area contributed by atoms with Crippen LogP contribution in [0.15, 0.2) is 23.3 Å². The molecular formula is C24H32O5. The molecular weight excluding hydrogens is 368 g/mol. The summed E-state index contributed by atoms with van der Waals surface area (Å²) in [6, 6.07) is 0. The van der Waals surface area contributed by atoms with Gasteiger partial charge in [0.15, 0.2) is 11.6 Å². The molecule has 4 aliphatic carbocycles. The van der Waals surface area contributed by atoms with Crippen molar-refractivity contribution in [2.75, 3.05) is 0 Å². The number of allylic oxidation sites excluding steroid dienone is 4. The molecule has 158 valence electrons. The van der Waals surface area contributed by atoms with Crippen LogP contribution in [0.2, 0.25) is 0 Å². The molecule has 29 heavy (non-hydrogen) atoms. The van der Waals surface area contributed by atoms with Crippen molar-refractivity contribution in [2.24, 2.45) is 34.5 Å². The van der Waals surface area contributed by atoms with Crippen molar-refractivity contribution >= 4 is 17.5 Å². The number of aliphatic carboxylic acids is 1. The first-order valence-electron chi connectivity index (χ1n) is 10.8. The Labute approximate surface area is 172 Å². The fourth-order valence-electron chi connectivity index (χ4n) is 7.59. The van der Waals surface area contributed by atoms with Crippen LogP contribution in [-0.2, 0) is 14.4 Å². The zero-order valence-electron chi connectivity index (χ0n) is 17.8. The molecule has 2 N–H and O–H groups in total. The number of aliphatic hydroxyl groups is 1. The van der Waals surface area contributed by atoms with Gasteiger partial charge in [-0.1, -0.05) is 25.5 Å². The second kappa shape index (κ2) is 6.37. The minimum atomic E-state index is -1.25. The monoisotopic (exact) mass is 400 g/mol. The van der Waals surface area contributed by atoms with Crippen LogP contribution in [0.25, 0.3) is 0 Å². The summed E-state index contributed by atoms with van der Waals surface area (Å²) in [6.07, 6.45) is 7.41. The number of carboxylic acid groups (broad SMARTS) is 1. The van der Waals surface area contributed by atoms with Crippen molar-refractivity contribution < 1.29 is 24.6 Å². The zero-order valence-corrected chi connectivity index (χ0v) is 17.8. The van der Waals surface area contributed by atoms with Gasteiger partial charge in [-0.25, -0.2) is 0 Å². The third-order valence-corrected chi connectivity index (χ3v) is 9.15. The predicted octanol–water partition coefficient (Wildman–Crippen LogP) is 3.71. The van der Waals surface area contributed by atoms with Gasteiger partial charge in [-0.2, -0.15) is 0 Å². The average molecular weight is 401 g/mol. The molecule has 2 saturated carbocycles. The van der Waals surface area contributed by atoms with Crippen molar-refractivity contribution in [3.63, 3.8) is 0 Å². The molecule has 5 heteroatoms. The van der Waals surface area contributed by atoms with E-state index in [2.05, 4.69) is 19.9 Å². The molecule has 2 fully saturated rings. The van der Waals surface area contributed by atoms with Crippen molar-refractivity contribution in [2.45, 2.75) is 71.8 Å². The van der Waals surface area contributed by atoms with Crippen LogP contribution in [0.1, 0.15) is 66.2 Å². The van der Waals surface area contributed by atoms with Gasteiger partial charge in [-0.05, 0) is 80.8 Å². The van der Waals surface area contributed by atoms with E-state index in [0.717, 1.165) is 30.4 Å². The highest BCUT2D eigenvalue weighted by Gasteiger charge is 2.65. The molecule has 0 aromatic rings. The number of carboxylic acids is 1. The molecule has 0 radical (unpaired) electrons. The van der Waals surface area contributed by atoms with Crippen LogP contribution in [0.4, 0.5) is 0 Å². The van der Waals surface area contributed by atoms with Crippen molar-refractivity contribution in [1.29, 1.82) is 0 Å². The van der Waals surface area contributed by atoms with Crippen LogP contribution >= 0.6 is 0 Å². The van der Waals surface area contributed by atoms with E-state index >= 15 is 0 Å². The summed E-state index contributed by atoms with van der Waals surface area (Å²) in [4.78, 5) is 36.3. The van der Waals surface area contributed by atoms with Gasteiger partial charge < -0.3 is 10.2 Å². The summed E-state index contributed by atoms with van der Waals surface area (Å²) >= 11 is 0. The maximum atomic E-state index is 12.6. The molecule has 7 atom stereocenters. The second-order valence-corrected chi connectivity index (χ2v) is 10.4. The molecule has 0 spiro atoms.